The second-order valence-electron chi connectivity index (χ2n) is 8.11. The summed E-state index contributed by atoms with van der Waals surface area (Å²) in [6.45, 7) is 8.93. The van der Waals surface area contributed by atoms with Gasteiger partial charge in [-0.1, -0.05) is 47.5 Å². The number of rotatable bonds is 5. The van der Waals surface area contributed by atoms with Crippen LogP contribution < -0.4 is 5.32 Å². The molecule has 1 fully saturated rings. The Morgan fingerprint density at radius 1 is 1.00 bits per heavy atom. The van der Waals surface area contributed by atoms with Gasteiger partial charge in [0.2, 0.25) is 15.9 Å². The van der Waals surface area contributed by atoms with Crippen molar-refractivity contribution in [1.29, 1.82) is 0 Å². The second kappa shape index (κ2) is 8.67. The molecule has 0 atom stereocenters. The van der Waals surface area contributed by atoms with Crippen LogP contribution in [0.25, 0.3) is 0 Å². The van der Waals surface area contributed by atoms with Gasteiger partial charge in [0.05, 0.1) is 4.90 Å². The molecule has 0 saturated carbocycles. The summed E-state index contributed by atoms with van der Waals surface area (Å²) in [5.41, 5.74) is 4.85. The van der Waals surface area contributed by atoms with Crippen molar-refractivity contribution in [2.24, 2.45) is 5.92 Å². The number of hydrogen-bond acceptors (Lipinski definition) is 3. The minimum atomic E-state index is -3.55. The lowest BCUT2D eigenvalue weighted by molar-refractivity contribution is -0.126. The molecule has 0 spiro atoms. The Hall–Kier alpha value is -2.18. The van der Waals surface area contributed by atoms with Crippen molar-refractivity contribution >= 4 is 15.9 Å². The first-order chi connectivity index (χ1) is 13.7. The molecule has 0 aliphatic carbocycles. The van der Waals surface area contributed by atoms with E-state index < -0.39 is 10.0 Å². The minimum Gasteiger partial charge on any atom is -0.352 e. The van der Waals surface area contributed by atoms with Gasteiger partial charge in [-0.2, -0.15) is 4.31 Å². The van der Waals surface area contributed by atoms with Gasteiger partial charge in [-0.15, -0.1) is 0 Å². The number of nitrogens with one attached hydrogen (secondary N) is 1. The number of amides is 1. The Balaban J connectivity index is 1.62. The normalized spacial score (nSPS) is 16.0. The molecular formula is C23H30N2O3S. The van der Waals surface area contributed by atoms with Crippen LogP contribution in [0.3, 0.4) is 0 Å². The van der Waals surface area contributed by atoms with Crippen LogP contribution in [0.4, 0.5) is 0 Å². The largest absolute Gasteiger partial charge is 0.352 e. The van der Waals surface area contributed by atoms with E-state index in [0.717, 1.165) is 27.8 Å². The average Bonchev–Trinajstić information content (AvgIpc) is 2.65. The van der Waals surface area contributed by atoms with Crippen LogP contribution in [-0.4, -0.2) is 31.7 Å². The van der Waals surface area contributed by atoms with Crippen LogP contribution in [0.2, 0.25) is 0 Å². The highest BCUT2D eigenvalue weighted by Gasteiger charge is 2.33. The molecular weight excluding hydrogens is 384 g/mol. The van der Waals surface area contributed by atoms with Gasteiger partial charge in [-0.3, -0.25) is 4.79 Å². The summed E-state index contributed by atoms with van der Waals surface area (Å²) in [4.78, 5) is 13.0. The molecule has 1 N–H and O–H groups in total. The summed E-state index contributed by atoms with van der Waals surface area (Å²) >= 11 is 0. The highest BCUT2D eigenvalue weighted by atomic mass is 32.2. The molecule has 0 bridgehead atoms. The number of hydrogen-bond donors (Lipinski definition) is 1. The van der Waals surface area contributed by atoms with Crippen molar-refractivity contribution in [3.63, 3.8) is 0 Å². The van der Waals surface area contributed by atoms with E-state index in [4.69, 9.17) is 0 Å². The fourth-order valence-electron chi connectivity index (χ4n) is 4.22. The minimum absolute atomic E-state index is 0.00579. The zero-order valence-corrected chi connectivity index (χ0v) is 18.5. The third-order valence-corrected chi connectivity index (χ3v) is 7.78. The van der Waals surface area contributed by atoms with E-state index in [0.29, 0.717) is 37.4 Å². The molecule has 5 nitrogen and oxygen atoms in total. The molecule has 0 unspecified atom stereocenters. The maximum atomic E-state index is 13.2. The van der Waals surface area contributed by atoms with Crippen LogP contribution in [-0.2, 0) is 21.4 Å². The predicted molar refractivity (Wildman–Crippen MR) is 115 cm³/mol. The molecule has 1 aliphatic heterocycles. The van der Waals surface area contributed by atoms with Crippen molar-refractivity contribution in [2.75, 3.05) is 13.1 Å². The van der Waals surface area contributed by atoms with Gasteiger partial charge < -0.3 is 5.32 Å². The van der Waals surface area contributed by atoms with Crippen molar-refractivity contribution in [2.45, 2.75) is 52.0 Å². The van der Waals surface area contributed by atoms with Crippen molar-refractivity contribution in [3.05, 3.63) is 64.2 Å². The van der Waals surface area contributed by atoms with Gasteiger partial charge in [0.1, 0.15) is 0 Å². The third kappa shape index (κ3) is 4.87. The van der Waals surface area contributed by atoms with E-state index in [1.165, 1.54) is 4.31 Å². The maximum Gasteiger partial charge on any atom is 0.243 e. The van der Waals surface area contributed by atoms with Crippen molar-refractivity contribution in [3.8, 4) is 0 Å². The lowest BCUT2D eigenvalue weighted by Gasteiger charge is -2.31. The maximum absolute atomic E-state index is 13.2. The van der Waals surface area contributed by atoms with Crippen LogP contribution in [0.1, 0.15) is 40.7 Å². The quantitative estimate of drug-likeness (QED) is 0.812. The van der Waals surface area contributed by atoms with Gasteiger partial charge in [0.15, 0.2) is 0 Å². The molecule has 29 heavy (non-hydrogen) atoms. The smallest absolute Gasteiger partial charge is 0.243 e. The zero-order valence-electron chi connectivity index (χ0n) is 17.7. The van der Waals surface area contributed by atoms with Gasteiger partial charge in [0, 0.05) is 25.6 Å². The topological polar surface area (TPSA) is 66.5 Å². The molecule has 1 amide bonds. The van der Waals surface area contributed by atoms with Gasteiger partial charge in [-0.05, 0) is 57.2 Å². The summed E-state index contributed by atoms with van der Waals surface area (Å²) in [7, 11) is -3.55. The lowest BCUT2D eigenvalue weighted by atomic mass is 9.97. The summed E-state index contributed by atoms with van der Waals surface area (Å²) in [5, 5.41) is 3.00. The molecule has 6 heteroatoms. The average molecular weight is 415 g/mol. The van der Waals surface area contributed by atoms with Gasteiger partial charge in [0.25, 0.3) is 0 Å². The second-order valence-corrected chi connectivity index (χ2v) is 9.99. The van der Waals surface area contributed by atoms with Crippen LogP contribution in [0, 0.1) is 33.6 Å². The Morgan fingerprint density at radius 3 is 2.21 bits per heavy atom. The molecule has 3 rings (SSSR count). The van der Waals surface area contributed by atoms with E-state index in [-0.39, 0.29) is 11.8 Å². The highest BCUT2D eigenvalue weighted by Crippen LogP contribution is 2.28. The number of nitrogens with zero attached hydrogens (tertiary/aromatic N) is 1. The summed E-state index contributed by atoms with van der Waals surface area (Å²) in [6.07, 6.45) is 1.09. The molecule has 1 heterocycles. The number of sulfonamides is 1. The molecule has 156 valence electrons. The fourth-order valence-corrected chi connectivity index (χ4v) is 6.10. The molecule has 2 aromatic rings. The summed E-state index contributed by atoms with van der Waals surface area (Å²) in [6, 6.07) is 11.9. The molecule has 0 aromatic heterocycles. The van der Waals surface area contributed by atoms with Crippen molar-refractivity contribution < 1.29 is 13.2 Å². The number of aryl methyl sites for hydroxylation is 4. The van der Waals surface area contributed by atoms with Gasteiger partial charge in [-0.25, -0.2) is 8.42 Å². The Bertz CT molecular complexity index is 984. The molecule has 2 aromatic carbocycles. The molecule has 1 aliphatic rings. The van der Waals surface area contributed by atoms with E-state index in [2.05, 4.69) is 11.4 Å². The number of carbonyl (C=O) groups excluding carboxylic acids is 1. The standard InChI is InChI=1S/C23H30N2O3S/c1-16-6-5-7-20(14-16)15-24-23(26)21-8-10-25(11-9-21)29(27,28)22-18(3)12-17(2)13-19(22)4/h5-7,12-14,21H,8-11,15H2,1-4H3,(H,24,26). The summed E-state index contributed by atoms with van der Waals surface area (Å²) in [5.74, 6) is -0.141. The lowest BCUT2D eigenvalue weighted by Crippen LogP contribution is -2.43. The first-order valence-corrected chi connectivity index (χ1v) is 11.5. The van der Waals surface area contributed by atoms with Crippen LogP contribution in [0.15, 0.2) is 41.3 Å². The van der Waals surface area contributed by atoms with E-state index >= 15 is 0 Å². The van der Waals surface area contributed by atoms with Crippen LogP contribution >= 0.6 is 0 Å². The first kappa shape index (κ1) is 21.5. The molecule has 0 radical (unpaired) electrons. The Kier molecular flexibility index (Phi) is 6.44. The summed E-state index contributed by atoms with van der Waals surface area (Å²) < 4.78 is 27.9. The van der Waals surface area contributed by atoms with E-state index in [1.807, 2.05) is 58.0 Å². The SMILES string of the molecule is Cc1cccc(CNC(=O)C2CCN(S(=O)(=O)c3c(C)cc(C)cc3C)CC2)c1. The van der Waals surface area contributed by atoms with Crippen LogP contribution in [0.5, 0.6) is 0 Å². The number of carbonyl (C=O) groups is 1. The highest BCUT2D eigenvalue weighted by molar-refractivity contribution is 7.89. The van der Waals surface area contributed by atoms with Gasteiger partial charge >= 0.3 is 0 Å². The van der Waals surface area contributed by atoms with E-state index in [1.54, 1.807) is 0 Å². The Labute approximate surface area is 174 Å². The fraction of sp³-hybridized carbons (Fsp3) is 0.435. The van der Waals surface area contributed by atoms with E-state index in [9.17, 15) is 13.2 Å². The third-order valence-electron chi connectivity index (χ3n) is 5.58. The zero-order chi connectivity index (χ0) is 21.2. The Morgan fingerprint density at radius 2 is 1.62 bits per heavy atom. The number of benzene rings is 2. The number of piperidine rings is 1. The van der Waals surface area contributed by atoms with Crippen molar-refractivity contribution in [1.82, 2.24) is 9.62 Å². The first-order valence-electron chi connectivity index (χ1n) is 10.1. The predicted octanol–water partition coefficient (Wildman–Crippen LogP) is 3.64. The molecule has 1 saturated heterocycles. The monoisotopic (exact) mass is 414 g/mol.